The molecule has 2 atom stereocenters. The van der Waals surface area contributed by atoms with Gasteiger partial charge in [-0.15, -0.1) is 0 Å². The van der Waals surface area contributed by atoms with E-state index in [1.165, 1.54) is 19.3 Å². The Bertz CT molecular complexity index is 286. The van der Waals surface area contributed by atoms with Gasteiger partial charge in [-0.2, -0.15) is 0 Å². The van der Waals surface area contributed by atoms with Gasteiger partial charge in [-0.05, 0) is 46.1 Å². The smallest absolute Gasteiger partial charge is 0.407 e. The highest BCUT2D eigenvalue weighted by Gasteiger charge is 2.46. The van der Waals surface area contributed by atoms with Crippen molar-refractivity contribution in [1.29, 1.82) is 0 Å². The highest BCUT2D eigenvalue weighted by Crippen LogP contribution is 2.45. The first-order valence-electron chi connectivity index (χ1n) is 6.59. The lowest BCUT2D eigenvalue weighted by Gasteiger charge is -2.29. The van der Waals surface area contributed by atoms with Crippen molar-refractivity contribution in [3.63, 3.8) is 0 Å². The summed E-state index contributed by atoms with van der Waals surface area (Å²) in [4.78, 5) is 11.6. The van der Waals surface area contributed by atoms with E-state index >= 15 is 0 Å². The van der Waals surface area contributed by atoms with Gasteiger partial charge < -0.3 is 15.4 Å². The van der Waals surface area contributed by atoms with Gasteiger partial charge in [0.25, 0.3) is 0 Å². The molecule has 1 aliphatic heterocycles. The Morgan fingerprint density at radius 2 is 2.29 bits per heavy atom. The van der Waals surface area contributed by atoms with E-state index in [9.17, 15) is 4.79 Å². The third-order valence-corrected chi connectivity index (χ3v) is 3.94. The summed E-state index contributed by atoms with van der Waals surface area (Å²) in [6.07, 6.45) is 3.52. The Labute approximate surface area is 103 Å². The fourth-order valence-electron chi connectivity index (χ4n) is 3.12. The number of alkyl carbamates (subject to hydrolysis) is 1. The van der Waals surface area contributed by atoms with Gasteiger partial charge in [0, 0.05) is 18.5 Å². The molecule has 0 spiro atoms. The van der Waals surface area contributed by atoms with Crippen LogP contribution < -0.4 is 10.6 Å². The number of nitrogens with one attached hydrogen (secondary N) is 2. The van der Waals surface area contributed by atoms with Crippen LogP contribution in [0, 0.1) is 11.3 Å². The monoisotopic (exact) mass is 240 g/mol. The normalized spacial score (nSPS) is 32.3. The fourth-order valence-corrected chi connectivity index (χ4v) is 3.12. The number of carbonyl (C=O) groups excluding carboxylic acids is 1. The average Bonchev–Trinajstić information content (AvgIpc) is 2.69. The first-order chi connectivity index (χ1) is 7.91. The van der Waals surface area contributed by atoms with Crippen LogP contribution in [-0.4, -0.2) is 31.3 Å². The second-order valence-electron chi connectivity index (χ2n) is 6.44. The van der Waals surface area contributed by atoms with Crippen molar-refractivity contribution in [3.05, 3.63) is 0 Å². The maximum absolute atomic E-state index is 11.6. The summed E-state index contributed by atoms with van der Waals surface area (Å²) in [7, 11) is 0. The summed E-state index contributed by atoms with van der Waals surface area (Å²) in [6, 6.07) is 0. The lowest BCUT2D eigenvalue weighted by Crippen LogP contribution is -2.42. The lowest BCUT2D eigenvalue weighted by molar-refractivity contribution is 0.0497. The summed E-state index contributed by atoms with van der Waals surface area (Å²) in [6.45, 7) is 8.56. The average molecular weight is 240 g/mol. The summed E-state index contributed by atoms with van der Waals surface area (Å²) in [5, 5.41) is 6.39. The minimum absolute atomic E-state index is 0.288. The van der Waals surface area contributed by atoms with Crippen molar-refractivity contribution in [3.8, 4) is 0 Å². The van der Waals surface area contributed by atoms with Gasteiger partial charge in [-0.25, -0.2) is 4.79 Å². The molecule has 0 bridgehead atoms. The Kier molecular flexibility index (Phi) is 3.34. The van der Waals surface area contributed by atoms with Gasteiger partial charge in [0.15, 0.2) is 0 Å². The molecule has 0 radical (unpaired) electrons. The third-order valence-electron chi connectivity index (χ3n) is 3.94. The van der Waals surface area contributed by atoms with Crippen LogP contribution in [0.15, 0.2) is 0 Å². The van der Waals surface area contributed by atoms with E-state index in [2.05, 4.69) is 10.6 Å². The van der Waals surface area contributed by atoms with E-state index in [4.69, 9.17) is 4.74 Å². The van der Waals surface area contributed by atoms with Gasteiger partial charge in [0.05, 0.1) is 0 Å². The van der Waals surface area contributed by atoms with Crippen LogP contribution >= 0.6 is 0 Å². The van der Waals surface area contributed by atoms with Crippen LogP contribution in [-0.2, 0) is 4.74 Å². The van der Waals surface area contributed by atoms with Crippen molar-refractivity contribution >= 4 is 6.09 Å². The number of hydrogen-bond donors (Lipinski definition) is 2. The first-order valence-corrected chi connectivity index (χ1v) is 6.59. The molecule has 0 unspecified atom stereocenters. The molecule has 98 valence electrons. The van der Waals surface area contributed by atoms with Crippen LogP contribution in [0.3, 0.4) is 0 Å². The number of amides is 1. The molecule has 17 heavy (non-hydrogen) atoms. The molecule has 4 nitrogen and oxygen atoms in total. The molecule has 1 saturated carbocycles. The molecule has 0 aromatic carbocycles. The number of rotatable bonds is 2. The van der Waals surface area contributed by atoms with Crippen molar-refractivity contribution in [2.24, 2.45) is 11.3 Å². The lowest BCUT2D eigenvalue weighted by atomic mass is 9.81. The van der Waals surface area contributed by atoms with Gasteiger partial charge in [-0.3, -0.25) is 0 Å². The first kappa shape index (κ1) is 12.7. The molecule has 1 saturated heterocycles. The van der Waals surface area contributed by atoms with Crippen molar-refractivity contribution in [2.45, 2.75) is 45.6 Å². The molecule has 2 N–H and O–H groups in total. The van der Waals surface area contributed by atoms with Crippen LogP contribution in [0.1, 0.15) is 40.0 Å². The van der Waals surface area contributed by atoms with Crippen molar-refractivity contribution in [1.82, 2.24) is 10.6 Å². The second-order valence-corrected chi connectivity index (χ2v) is 6.44. The molecule has 2 aliphatic rings. The largest absolute Gasteiger partial charge is 0.444 e. The zero-order valence-corrected chi connectivity index (χ0v) is 11.1. The van der Waals surface area contributed by atoms with Gasteiger partial charge in [0.1, 0.15) is 5.60 Å². The fraction of sp³-hybridized carbons (Fsp3) is 0.923. The Hall–Kier alpha value is -0.770. The second kappa shape index (κ2) is 4.48. The summed E-state index contributed by atoms with van der Waals surface area (Å²) in [5.41, 5.74) is -0.123. The maximum atomic E-state index is 11.6. The molecular weight excluding hydrogens is 216 g/mol. The van der Waals surface area contributed by atoms with Crippen LogP contribution in [0.25, 0.3) is 0 Å². The predicted octanol–water partition coefficient (Wildman–Crippen LogP) is 1.90. The summed E-state index contributed by atoms with van der Waals surface area (Å²) < 4.78 is 5.27. The van der Waals surface area contributed by atoms with E-state index < -0.39 is 5.60 Å². The summed E-state index contributed by atoms with van der Waals surface area (Å²) in [5.74, 6) is 0.734. The highest BCUT2D eigenvalue weighted by molar-refractivity contribution is 5.67. The molecule has 1 heterocycles. The van der Waals surface area contributed by atoms with Gasteiger partial charge in [0.2, 0.25) is 0 Å². The van der Waals surface area contributed by atoms with Crippen LogP contribution in [0.4, 0.5) is 4.79 Å². The highest BCUT2D eigenvalue weighted by atomic mass is 16.6. The quantitative estimate of drug-likeness (QED) is 0.775. The molecule has 4 heteroatoms. The number of hydrogen-bond acceptors (Lipinski definition) is 3. The molecule has 1 amide bonds. The number of ether oxygens (including phenoxy) is 1. The van der Waals surface area contributed by atoms with E-state index in [0.29, 0.717) is 0 Å². The predicted molar refractivity (Wildman–Crippen MR) is 66.9 cm³/mol. The Morgan fingerprint density at radius 3 is 3.00 bits per heavy atom. The Morgan fingerprint density at radius 1 is 1.53 bits per heavy atom. The Balaban J connectivity index is 1.83. The van der Waals surface area contributed by atoms with Gasteiger partial charge >= 0.3 is 6.09 Å². The number of fused-ring (bicyclic) bond motifs is 1. The standard InChI is InChI=1S/C13H24N2O2/c1-12(2,3)17-11(16)15-9-13-6-4-5-10(13)7-14-8-13/h10,14H,4-9H2,1-3H3,(H,15,16)/t10-,13-/m0/s1. The van der Waals surface area contributed by atoms with E-state index in [-0.39, 0.29) is 11.5 Å². The molecule has 1 aliphatic carbocycles. The van der Waals surface area contributed by atoms with Crippen LogP contribution in [0.5, 0.6) is 0 Å². The molecule has 2 fully saturated rings. The summed E-state index contributed by atoms with van der Waals surface area (Å²) >= 11 is 0. The zero-order valence-electron chi connectivity index (χ0n) is 11.1. The van der Waals surface area contributed by atoms with E-state index in [1.54, 1.807) is 0 Å². The van der Waals surface area contributed by atoms with E-state index in [0.717, 1.165) is 25.6 Å². The number of carbonyl (C=O) groups is 1. The van der Waals surface area contributed by atoms with Gasteiger partial charge in [-0.1, -0.05) is 6.42 Å². The molecular formula is C13H24N2O2. The SMILES string of the molecule is CC(C)(C)OC(=O)NC[C@@]12CCC[C@H]1CNC2. The molecule has 0 aromatic heterocycles. The molecule has 0 aromatic rings. The van der Waals surface area contributed by atoms with Crippen molar-refractivity contribution < 1.29 is 9.53 Å². The minimum atomic E-state index is -0.412. The van der Waals surface area contributed by atoms with Crippen LogP contribution in [0.2, 0.25) is 0 Å². The third kappa shape index (κ3) is 2.92. The van der Waals surface area contributed by atoms with Crippen molar-refractivity contribution in [2.75, 3.05) is 19.6 Å². The zero-order chi connectivity index (χ0) is 12.5. The minimum Gasteiger partial charge on any atom is -0.444 e. The molecule has 2 rings (SSSR count). The maximum Gasteiger partial charge on any atom is 0.407 e. The van der Waals surface area contributed by atoms with E-state index in [1.807, 2.05) is 20.8 Å². The topological polar surface area (TPSA) is 50.4 Å².